The summed E-state index contributed by atoms with van der Waals surface area (Å²) in [5.41, 5.74) is 3.36. The van der Waals surface area contributed by atoms with E-state index in [-0.39, 0.29) is 17.4 Å². The molecule has 6 heteroatoms. The van der Waals surface area contributed by atoms with Gasteiger partial charge in [-0.05, 0) is 43.9 Å². The first-order valence-corrected chi connectivity index (χ1v) is 8.90. The second-order valence-corrected chi connectivity index (χ2v) is 7.01. The van der Waals surface area contributed by atoms with E-state index in [0.717, 1.165) is 16.8 Å². The Morgan fingerprint density at radius 3 is 2.37 bits per heavy atom. The molecule has 2 aromatic rings. The van der Waals surface area contributed by atoms with Gasteiger partial charge >= 0.3 is 5.97 Å². The average molecular weight is 370 g/mol. The number of aromatic nitrogens is 1. The molecule has 0 bridgehead atoms. The van der Waals surface area contributed by atoms with Gasteiger partial charge in [0.15, 0.2) is 11.9 Å². The van der Waals surface area contributed by atoms with Crippen LogP contribution in [-0.4, -0.2) is 28.3 Å². The minimum atomic E-state index is -0.979. The van der Waals surface area contributed by atoms with Gasteiger partial charge in [-0.1, -0.05) is 32.0 Å². The van der Waals surface area contributed by atoms with E-state index in [1.165, 1.54) is 24.5 Å². The molecule has 0 saturated carbocycles. The van der Waals surface area contributed by atoms with Crippen molar-refractivity contribution in [1.82, 2.24) is 4.57 Å². The third kappa shape index (κ3) is 4.64. The molecule has 6 nitrogen and oxygen atoms in total. The Morgan fingerprint density at radius 2 is 1.81 bits per heavy atom. The molecule has 0 unspecified atom stereocenters. The van der Waals surface area contributed by atoms with Crippen molar-refractivity contribution in [3.05, 3.63) is 52.8 Å². The smallest absolute Gasteiger partial charge is 0.355 e. The van der Waals surface area contributed by atoms with Gasteiger partial charge < -0.3 is 14.6 Å². The van der Waals surface area contributed by atoms with Crippen molar-refractivity contribution in [1.29, 1.82) is 0 Å². The van der Waals surface area contributed by atoms with Gasteiger partial charge in [0.05, 0.1) is 0 Å². The number of ether oxygens (including phenoxy) is 1. The molecule has 0 aliphatic heterocycles. The number of esters is 1. The van der Waals surface area contributed by atoms with Crippen LogP contribution in [-0.2, 0) is 16.6 Å². The van der Waals surface area contributed by atoms with Crippen molar-refractivity contribution in [3.63, 3.8) is 0 Å². The van der Waals surface area contributed by atoms with Crippen LogP contribution < -0.4 is 5.32 Å². The Kier molecular flexibility index (Phi) is 6.20. The third-order valence-electron chi connectivity index (χ3n) is 4.45. The van der Waals surface area contributed by atoms with Gasteiger partial charge in [0, 0.05) is 24.5 Å². The monoisotopic (exact) mass is 370 g/mol. The number of benzene rings is 1. The summed E-state index contributed by atoms with van der Waals surface area (Å²) < 4.78 is 6.82. The Labute approximate surface area is 159 Å². The van der Waals surface area contributed by atoms with Crippen molar-refractivity contribution in [2.75, 3.05) is 5.32 Å². The predicted molar refractivity (Wildman–Crippen MR) is 104 cm³/mol. The molecule has 1 aromatic heterocycles. The van der Waals surface area contributed by atoms with Gasteiger partial charge in [0.2, 0.25) is 0 Å². The fourth-order valence-corrected chi connectivity index (χ4v) is 2.80. The summed E-state index contributed by atoms with van der Waals surface area (Å²) in [4.78, 5) is 36.4. The number of para-hydroxylation sites is 1. The van der Waals surface area contributed by atoms with E-state index < -0.39 is 18.0 Å². The van der Waals surface area contributed by atoms with E-state index in [1.54, 1.807) is 13.2 Å². The van der Waals surface area contributed by atoms with Crippen LogP contribution in [0.25, 0.3) is 0 Å². The van der Waals surface area contributed by atoms with E-state index >= 15 is 0 Å². The summed E-state index contributed by atoms with van der Waals surface area (Å²) >= 11 is 0. The van der Waals surface area contributed by atoms with Crippen LogP contribution in [0.15, 0.2) is 30.5 Å². The number of anilines is 1. The Hall–Kier alpha value is -2.89. The summed E-state index contributed by atoms with van der Waals surface area (Å²) in [5, 5.41) is 2.88. The fraction of sp³-hybridized carbons (Fsp3) is 0.381. The number of hydrogen-bond acceptors (Lipinski definition) is 4. The maximum absolute atomic E-state index is 12.6. The van der Waals surface area contributed by atoms with E-state index in [4.69, 9.17) is 4.74 Å². The number of carbonyl (C=O) groups excluding carboxylic acids is 3. The molecule has 0 aliphatic carbocycles. The largest absolute Gasteiger partial charge is 0.448 e. The molecule has 0 radical (unpaired) electrons. The molecule has 0 fully saturated rings. The lowest BCUT2D eigenvalue weighted by Gasteiger charge is -2.19. The summed E-state index contributed by atoms with van der Waals surface area (Å²) in [6.45, 7) is 8.97. The van der Waals surface area contributed by atoms with E-state index in [1.807, 2.05) is 25.1 Å². The lowest BCUT2D eigenvalue weighted by atomic mass is 9.98. The molecule has 144 valence electrons. The lowest BCUT2D eigenvalue weighted by molar-refractivity contribution is -0.123. The number of aryl methyl sites for hydroxylation is 2. The number of nitrogens with zero attached hydrogens (tertiary/aromatic N) is 1. The van der Waals surface area contributed by atoms with Crippen LogP contribution in [0.5, 0.6) is 0 Å². The standard InChI is InChI=1S/C21H26N2O4/c1-12(2)17-9-7-8-13(3)19(17)22-20(25)15(5)27-21(26)18-10-16(14(4)24)11-23(18)6/h7-12,15H,1-6H3,(H,22,25)/t15-/m0/s1. The first-order valence-electron chi connectivity index (χ1n) is 8.90. The van der Waals surface area contributed by atoms with Gasteiger partial charge in [0.1, 0.15) is 5.69 Å². The second-order valence-electron chi connectivity index (χ2n) is 7.01. The molecule has 1 N–H and O–H groups in total. The number of Topliss-reactive ketones (excluding diaryl/α,β-unsaturated/α-hetero) is 1. The molecule has 1 atom stereocenters. The quantitative estimate of drug-likeness (QED) is 0.619. The highest BCUT2D eigenvalue weighted by Crippen LogP contribution is 2.27. The van der Waals surface area contributed by atoms with E-state index in [0.29, 0.717) is 5.56 Å². The molecule has 0 spiro atoms. The molecule has 27 heavy (non-hydrogen) atoms. The number of hydrogen-bond donors (Lipinski definition) is 1. The molecule has 2 rings (SSSR count). The number of carbonyl (C=O) groups is 3. The number of rotatable bonds is 6. The van der Waals surface area contributed by atoms with Crippen LogP contribution >= 0.6 is 0 Å². The van der Waals surface area contributed by atoms with Gasteiger partial charge in [-0.15, -0.1) is 0 Å². The Morgan fingerprint density at radius 1 is 1.15 bits per heavy atom. The molecule has 0 saturated heterocycles. The van der Waals surface area contributed by atoms with Gasteiger partial charge in [-0.25, -0.2) is 4.79 Å². The molecule has 1 heterocycles. The van der Waals surface area contributed by atoms with Crippen molar-refractivity contribution < 1.29 is 19.1 Å². The molecule has 1 amide bonds. The molecular weight excluding hydrogens is 344 g/mol. The summed E-state index contributed by atoms with van der Waals surface area (Å²) in [6, 6.07) is 7.31. The number of ketones is 1. The Balaban J connectivity index is 2.13. The van der Waals surface area contributed by atoms with Gasteiger partial charge in [-0.2, -0.15) is 0 Å². The number of amides is 1. The van der Waals surface area contributed by atoms with Crippen molar-refractivity contribution in [3.8, 4) is 0 Å². The van der Waals surface area contributed by atoms with Crippen LogP contribution in [0.3, 0.4) is 0 Å². The highest BCUT2D eigenvalue weighted by Gasteiger charge is 2.23. The SMILES string of the molecule is CC(=O)c1cc(C(=O)O[C@@H](C)C(=O)Nc2c(C)cccc2C(C)C)n(C)c1. The normalized spacial score (nSPS) is 12.0. The lowest BCUT2D eigenvalue weighted by Crippen LogP contribution is -2.31. The van der Waals surface area contributed by atoms with Crippen molar-refractivity contribution in [2.24, 2.45) is 7.05 Å². The maximum atomic E-state index is 12.6. The van der Waals surface area contributed by atoms with E-state index in [9.17, 15) is 14.4 Å². The highest BCUT2D eigenvalue weighted by atomic mass is 16.5. The minimum Gasteiger partial charge on any atom is -0.448 e. The summed E-state index contributed by atoms with van der Waals surface area (Å²) in [7, 11) is 1.65. The maximum Gasteiger partial charge on any atom is 0.355 e. The van der Waals surface area contributed by atoms with Crippen LogP contribution in [0.4, 0.5) is 5.69 Å². The zero-order chi connectivity index (χ0) is 20.3. The van der Waals surface area contributed by atoms with Crippen LogP contribution in [0.1, 0.15) is 65.6 Å². The first kappa shape index (κ1) is 20.4. The zero-order valence-electron chi connectivity index (χ0n) is 16.6. The van der Waals surface area contributed by atoms with E-state index in [2.05, 4.69) is 19.2 Å². The zero-order valence-corrected chi connectivity index (χ0v) is 16.6. The van der Waals surface area contributed by atoms with Crippen LogP contribution in [0, 0.1) is 6.92 Å². The minimum absolute atomic E-state index is 0.142. The van der Waals surface area contributed by atoms with Gasteiger partial charge in [0.25, 0.3) is 5.91 Å². The van der Waals surface area contributed by atoms with Crippen LogP contribution in [0.2, 0.25) is 0 Å². The Bertz CT molecular complexity index is 880. The topological polar surface area (TPSA) is 77.4 Å². The molecular formula is C21H26N2O4. The third-order valence-corrected chi connectivity index (χ3v) is 4.45. The van der Waals surface area contributed by atoms with Crippen molar-refractivity contribution in [2.45, 2.75) is 46.6 Å². The second kappa shape index (κ2) is 8.20. The molecule has 0 aliphatic rings. The highest BCUT2D eigenvalue weighted by molar-refractivity contribution is 6.00. The number of nitrogens with one attached hydrogen (secondary N) is 1. The first-order chi connectivity index (χ1) is 12.6. The predicted octanol–water partition coefficient (Wildman–Crippen LogP) is 3.84. The average Bonchev–Trinajstić information content (AvgIpc) is 2.98. The van der Waals surface area contributed by atoms with Crippen molar-refractivity contribution >= 4 is 23.3 Å². The fourth-order valence-electron chi connectivity index (χ4n) is 2.80. The van der Waals surface area contributed by atoms with Gasteiger partial charge in [-0.3, -0.25) is 9.59 Å². The summed E-state index contributed by atoms with van der Waals surface area (Å²) in [5.74, 6) is -0.954. The molecule has 1 aromatic carbocycles. The summed E-state index contributed by atoms with van der Waals surface area (Å²) in [6.07, 6.45) is 0.583.